The van der Waals surface area contributed by atoms with E-state index in [-0.39, 0.29) is 5.41 Å². The van der Waals surface area contributed by atoms with Crippen molar-refractivity contribution in [1.29, 1.82) is 0 Å². The summed E-state index contributed by atoms with van der Waals surface area (Å²) in [6.07, 6.45) is 9.93. The molecule has 152 valence electrons. The van der Waals surface area contributed by atoms with E-state index in [1.165, 1.54) is 25.0 Å². The smallest absolute Gasteiger partial charge is 0.139 e. The van der Waals surface area contributed by atoms with Crippen LogP contribution >= 0.6 is 0 Å². The summed E-state index contributed by atoms with van der Waals surface area (Å²) in [7, 11) is 0. The maximum absolute atomic E-state index is 12.6. The van der Waals surface area contributed by atoms with Crippen LogP contribution in [0.3, 0.4) is 0 Å². The highest BCUT2D eigenvalue weighted by Gasteiger charge is 2.61. The van der Waals surface area contributed by atoms with Crippen molar-refractivity contribution in [3.05, 3.63) is 0 Å². The Hall–Kier alpha value is -0.900. The van der Waals surface area contributed by atoms with Crippen LogP contribution in [0.2, 0.25) is 0 Å². The zero-order valence-electron chi connectivity index (χ0n) is 17.5. The molecule has 2 N–H and O–H groups in total. The first kappa shape index (κ1) is 19.4. The number of nitrogens with zero attached hydrogens (tertiary/aromatic N) is 1. The number of rotatable bonds is 4. The van der Waals surface area contributed by atoms with Crippen LogP contribution in [0.1, 0.15) is 78.6 Å². The van der Waals surface area contributed by atoms with Gasteiger partial charge in [0.1, 0.15) is 12.4 Å². The summed E-state index contributed by atoms with van der Waals surface area (Å²) in [6, 6.07) is 0. The van der Waals surface area contributed by atoms with Crippen LogP contribution < -0.4 is 5.73 Å². The summed E-state index contributed by atoms with van der Waals surface area (Å²) in [4.78, 5) is 18.1. The molecule has 0 saturated heterocycles. The molecule has 2 unspecified atom stereocenters. The van der Waals surface area contributed by atoms with Gasteiger partial charge >= 0.3 is 0 Å². The Morgan fingerprint density at radius 1 is 1.19 bits per heavy atom. The van der Waals surface area contributed by atoms with E-state index in [1.54, 1.807) is 0 Å². The normalized spacial score (nSPS) is 48.1. The number of nitrogens with two attached hydrogens (primary N) is 1. The predicted molar refractivity (Wildman–Crippen MR) is 108 cm³/mol. The fourth-order valence-electron chi connectivity index (χ4n) is 7.58. The lowest BCUT2D eigenvalue weighted by Gasteiger charge is -2.61. The first-order valence-electron chi connectivity index (χ1n) is 11.3. The molecule has 4 aliphatic rings. The molecule has 4 fully saturated rings. The van der Waals surface area contributed by atoms with E-state index in [0.29, 0.717) is 30.3 Å². The van der Waals surface area contributed by atoms with E-state index < -0.39 is 0 Å². The highest BCUT2D eigenvalue weighted by atomic mass is 16.6. The number of hydrogen-bond donors (Lipinski definition) is 1. The zero-order valence-corrected chi connectivity index (χ0v) is 17.5. The highest BCUT2D eigenvalue weighted by Crippen LogP contribution is 2.66. The molecule has 0 aliphatic heterocycles. The Kier molecular flexibility index (Phi) is 5.15. The van der Waals surface area contributed by atoms with Crippen LogP contribution in [-0.4, -0.2) is 24.6 Å². The van der Waals surface area contributed by atoms with Gasteiger partial charge in [-0.2, -0.15) is 0 Å². The van der Waals surface area contributed by atoms with E-state index in [1.807, 2.05) is 0 Å². The summed E-state index contributed by atoms with van der Waals surface area (Å²) in [5, 5.41) is 4.46. The third-order valence-corrected chi connectivity index (χ3v) is 9.20. The van der Waals surface area contributed by atoms with Gasteiger partial charge in [0.25, 0.3) is 0 Å². The largest absolute Gasteiger partial charge is 0.396 e. The van der Waals surface area contributed by atoms with E-state index in [2.05, 4.69) is 25.9 Å². The van der Waals surface area contributed by atoms with Gasteiger partial charge in [-0.15, -0.1) is 0 Å². The minimum absolute atomic E-state index is 0.0171. The van der Waals surface area contributed by atoms with Gasteiger partial charge in [-0.25, -0.2) is 0 Å². The molecule has 0 heterocycles. The second-order valence-electron chi connectivity index (χ2n) is 10.5. The van der Waals surface area contributed by atoms with Crippen molar-refractivity contribution in [3.8, 4) is 0 Å². The first-order chi connectivity index (χ1) is 12.9. The molecule has 0 spiro atoms. The van der Waals surface area contributed by atoms with E-state index in [0.717, 1.165) is 62.2 Å². The fourth-order valence-corrected chi connectivity index (χ4v) is 7.58. The van der Waals surface area contributed by atoms with Gasteiger partial charge in [0, 0.05) is 11.8 Å². The second kappa shape index (κ2) is 7.17. The van der Waals surface area contributed by atoms with Crippen LogP contribution in [-0.2, 0) is 9.63 Å². The van der Waals surface area contributed by atoms with Gasteiger partial charge < -0.3 is 10.6 Å². The summed E-state index contributed by atoms with van der Waals surface area (Å²) in [5.74, 6) is 4.16. The molecule has 4 saturated carbocycles. The molecule has 0 aromatic heterocycles. The molecular weight excluding hydrogens is 336 g/mol. The molecule has 0 bridgehead atoms. The number of oxime groups is 1. The van der Waals surface area contributed by atoms with E-state index in [9.17, 15) is 4.79 Å². The second-order valence-corrected chi connectivity index (χ2v) is 10.5. The van der Waals surface area contributed by atoms with Crippen molar-refractivity contribution in [2.75, 3.05) is 13.2 Å². The van der Waals surface area contributed by atoms with E-state index in [4.69, 9.17) is 10.6 Å². The average molecular weight is 375 g/mol. The maximum atomic E-state index is 12.6. The van der Waals surface area contributed by atoms with Crippen molar-refractivity contribution in [3.63, 3.8) is 0 Å². The molecule has 27 heavy (non-hydrogen) atoms. The minimum Gasteiger partial charge on any atom is -0.396 e. The van der Waals surface area contributed by atoms with Crippen molar-refractivity contribution in [1.82, 2.24) is 0 Å². The molecule has 4 heteroatoms. The van der Waals surface area contributed by atoms with Crippen molar-refractivity contribution >= 4 is 11.5 Å². The molecule has 0 aromatic carbocycles. The van der Waals surface area contributed by atoms with Crippen LogP contribution in [0.25, 0.3) is 0 Å². The van der Waals surface area contributed by atoms with Gasteiger partial charge in [0.2, 0.25) is 0 Å². The highest BCUT2D eigenvalue weighted by molar-refractivity contribution is 5.87. The lowest BCUT2D eigenvalue weighted by molar-refractivity contribution is -0.143. The zero-order chi connectivity index (χ0) is 19.2. The van der Waals surface area contributed by atoms with Crippen LogP contribution in [0, 0.1) is 40.4 Å². The summed E-state index contributed by atoms with van der Waals surface area (Å²) < 4.78 is 0. The molecule has 0 radical (unpaired) electrons. The third-order valence-electron chi connectivity index (χ3n) is 9.20. The topological polar surface area (TPSA) is 64.7 Å². The Labute approximate surface area is 164 Å². The first-order valence-corrected chi connectivity index (χ1v) is 11.3. The SMILES string of the molecule is CC1CC2CC(=NOCCCN)CC[C@]2(C)[C@@H]2CC[C@]3(C)C(=O)CC[C@H]3[C@H]12. The number of carbonyl (C=O) groups is 1. The molecular formula is C23H38N2O2. The Morgan fingerprint density at radius 3 is 2.78 bits per heavy atom. The van der Waals surface area contributed by atoms with Crippen LogP contribution in [0.15, 0.2) is 5.16 Å². The van der Waals surface area contributed by atoms with Gasteiger partial charge in [0.15, 0.2) is 0 Å². The molecule has 4 aliphatic carbocycles. The number of hydrogen-bond acceptors (Lipinski definition) is 4. The summed E-state index contributed by atoms with van der Waals surface area (Å²) in [6.45, 7) is 8.61. The van der Waals surface area contributed by atoms with E-state index >= 15 is 0 Å². The van der Waals surface area contributed by atoms with Gasteiger partial charge in [-0.05, 0) is 92.9 Å². The van der Waals surface area contributed by atoms with Crippen LogP contribution in [0.5, 0.6) is 0 Å². The Balaban J connectivity index is 1.51. The minimum atomic E-state index is -0.0171. The summed E-state index contributed by atoms with van der Waals surface area (Å²) >= 11 is 0. The quantitative estimate of drug-likeness (QED) is 0.579. The lowest BCUT2D eigenvalue weighted by Crippen LogP contribution is -2.56. The van der Waals surface area contributed by atoms with Crippen molar-refractivity contribution in [2.45, 2.75) is 78.6 Å². The predicted octanol–water partition coefficient (Wildman–Crippen LogP) is 4.57. The summed E-state index contributed by atoms with van der Waals surface area (Å²) in [5.41, 5.74) is 7.20. The van der Waals surface area contributed by atoms with Crippen molar-refractivity contribution < 1.29 is 9.63 Å². The Morgan fingerprint density at radius 2 is 2.00 bits per heavy atom. The molecule has 0 amide bonds. The Bertz CT molecular complexity index is 617. The van der Waals surface area contributed by atoms with Gasteiger partial charge in [-0.3, -0.25) is 4.79 Å². The van der Waals surface area contributed by atoms with Crippen LogP contribution in [0.4, 0.5) is 0 Å². The molecule has 0 aromatic rings. The molecule has 4 rings (SSSR count). The third kappa shape index (κ3) is 3.07. The number of ketones is 1. The monoisotopic (exact) mass is 374 g/mol. The van der Waals surface area contributed by atoms with Gasteiger partial charge in [0.05, 0.1) is 5.71 Å². The molecule has 4 nitrogen and oxygen atoms in total. The number of carbonyl (C=O) groups excluding carboxylic acids is 1. The standard InChI is InChI=1S/C23H38N2O2/c1-15-13-16-14-17(25-27-12-4-11-24)7-9-22(16,2)19-8-10-23(3)18(21(15)19)5-6-20(23)26/h15-16,18-19,21H,4-14,24H2,1-3H3/t15?,16?,18-,19+,21-,22-,23-/m0/s1. The van der Waals surface area contributed by atoms with Gasteiger partial charge in [-0.1, -0.05) is 25.9 Å². The average Bonchev–Trinajstić information content (AvgIpc) is 2.95. The number of fused-ring (bicyclic) bond motifs is 5. The van der Waals surface area contributed by atoms with Crippen molar-refractivity contribution in [2.24, 2.45) is 51.3 Å². The fraction of sp³-hybridized carbons (Fsp3) is 0.913. The maximum Gasteiger partial charge on any atom is 0.139 e. The lowest BCUT2D eigenvalue weighted by atomic mass is 9.43. The number of Topliss-reactive ketones (excluding diaryl/α,β-unsaturated/α-hetero) is 1. The molecule has 7 atom stereocenters.